The lowest BCUT2D eigenvalue weighted by Gasteiger charge is -2.06. The number of nitrogens with zero attached hydrogens (tertiary/aromatic N) is 2. The third-order valence-corrected chi connectivity index (χ3v) is 3.93. The summed E-state index contributed by atoms with van der Waals surface area (Å²) in [5.74, 6) is 0. The Morgan fingerprint density at radius 1 is 1.33 bits per heavy atom. The molecule has 2 heterocycles. The highest BCUT2D eigenvalue weighted by Gasteiger charge is 2.37. The summed E-state index contributed by atoms with van der Waals surface area (Å²) in [6.45, 7) is 2.76. The van der Waals surface area contributed by atoms with Crippen molar-refractivity contribution in [1.82, 2.24) is 15.3 Å². The molecule has 0 aliphatic carbocycles. The van der Waals surface area contributed by atoms with Crippen molar-refractivity contribution in [2.45, 2.75) is 26.1 Å². The fraction of sp³-hybridized carbons (Fsp3) is 0.385. The molecule has 2 rings (SSSR count). The molecule has 0 fully saturated rings. The first-order valence-electron chi connectivity index (χ1n) is 6.31. The molecule has 0 radical (unpaired) electrons. The molecule has 0 spiro atoms. The van der Waals surface area contributed by atoms with E-state index in [1.165, 1.54) is 6.20 Å². The minimum Gasteiger partial charge on any atom is -0.312 e. The van der Waals surface area contributed by atoms with Crippen LogP contribution in [0.4, 0.5) is 13.2 Å². The van der Waals surface area contributed by atoms with Gasteiger partial charge in [-0.1, -0.05) is 18.5 Å². The number of hydrogen-bond donors (Lipinski definition) is 1. The monoisotopic (exact) mass is 335 g/mol. The maximum absolute atomic E-state index is 13.0. The summed E-state index contributed by atoms with van der Waals surface area (Å²) in [4.78, 5) is 7.89. The van der Waals surface area contributed by atoms with Crippen molar-refractivity contribution in [3.63, 3.8) is 0 Å². The number of nitrogens with one attached hydrogen (secondary N) is 1. The van der Waals surface area contributed by atoms with Gasteiger partial charge in [0.15, 0.2) is 5.69 Å². The summed E-state index contributed by atoms with van der Waals surface area (Å²) in [7, 11) is 0. The van der Waals surface area contributed by atoms with E-state index in [9.17, 15) is 13.2 Å². The molecule has 0 aromatic carbocycles. The molecule has 0 aliphatic rings. The van der Waals surface area contributed by atoms with Gasteiger partial charge in [0, 0.05) is 12.7 Å². The van der Waals surface area contributed by atoms with Crippen molar-refractivity contribution in [2.75, 3.05) is 6.54 Å². The average molecular weight is 336 g/mol. The molecule has 2 aromatic rings. The van der Waals surface area contributed by atoms with Crippen LogP contribution in [0.2, 0.25) is 5.02 Å². The van der Waals surface area contributed by atoms with Crippen LogP contribution in [-0.4, -0.2) is 16.5 Å². The largest absolute Gasteiger partial charge is 0.434 e. The van der Waals surface area contributed by atoms with Gasteiger partial charge in [0.2, 0.25) is 0 Å². The van der Waals surface area contributed by atoms with Crippen molar-refractivity contribution >= 4 is 22.9 Å². The molecule has 0 saturated heterocycles. The van der Waals surface area contributed by atoms with Gasteiger partial charge < -0.3 is 5.32 Å². The lowest BCUT2D eigenvalue weighted by Crippen LogP contribution is -2.17. The summed E-state index contributed by atoms with van der Waals surface area (Å²) in [5.41, 5.74) is -0.459. The Labute approximate surface area is 129 Å². The van der Waals surface area contributed by atoms with Crippen molar-refractivity contribution in [3.8, 4) is 10.7 Å². The molecule has 0 amide bonds. The molecule has 2 aromatic heterocycles. The molecule has 8 heteroatoms. The Balaban J connectivity index is 2.33. The van der Waals surface area contributed by atoms with Crippen molar-refractivity contribution in [3.05, 3.63) is 33.9 Å². The van der Waals surface area contributed by atoms with Crippen molar-refractivity contribution in [1.29, 1.82) is 0 Å². The zero-order chi connectivity index (χ0) is 15.5. The number of thiazole rings is 1. The van der Waals surface area contributed by atoms with E-state index in [-0.39, 0.29) is 16.4 Å². The van der Waals surface area contributed by atoms with Gasteiger partial charge in [0.25, 0.3) is 0 Å². The molecule has 114 valence electrons. The van der Waals surface area contributed by atoms with Gasteiger partial charge in [-0.25, -0.2) is 4.98 Å². The molecular weight excluding hydrogens is 323 g/mol. The highest BCUT2D eigenvalue weighted by molar-refractivity contribution is 7.15. The molecule has 0 saturated carbocycles. The summed E-state index contributed by atoms with van der Waals surface area (Å²) >= 11 is 6.72. The van der Waals surface area contributed by atoms with Gasteiger partial charge in [-0.3, -0.25) is 4.98 Å². The first-order valence-corrected chi connectivity index (χ1v) is 7.50. The number of alkyl halides is 3. The summed E-state index contributed by atoms with van der Waals surface area (Å²) in [6.07, 6.45) is -2.23. The first kappa shape index (κ1) is 16.2. The summed E-state index contributed by atoms with van der Waals surface area (Å²) in [5, 5.41) is 3.64. The minimum absolute atomic E-state index is 0.147. The Morgan fingerprint density at radius 2 is 2.10 bits per heavy atom. The van der Waals surface area contributed by atoms with Crippen molar-refractivity contribution in [2.24, 2.45) is 0 Å². The van der Waals surface area contributed by atoms with Crippen LogP contribution in [0, 0.1) is 0 Å². The second kappa shape index (κ2) is 6.72. The van der Waals surface area contributed by atoms with Crippen molar-refractivity contribution < 1.29 is 13.2 Å². The molecular formula is C13H13ClF3N3S. The van der Waals surface area contributed by atoms with Crippen LogP contribution in [0.25, 0.3) is 10.7 Å². The molecule has 1 N–H and O–H groups in total. The van der Waals surface area contributed by atoms with Crippen LogP contribution in [0.3, 0.4) is 0 Å². The third-order valence-electron chi connectivity index (χ3n) is 2.62. The van der Waals surface area contributed by atoms with Crippen LogP contribution >= 0.6 is 22.9 Å². The maximum atomic E-state index is 13.0. The Morgan fingerprint density at radius 3 is 2.67 bits per heavy atom. The van der Waals surface area contributed by atoms with E-state index in [0.717, 1.165) is 17.8 Å². The summed E-state index contributed by atoms with van der Waals surface area (Å²) in [6, 6.07) is 3.14. The number of hydrogen-bond acceptors (Lipinski definition) is 4. The smallest absolute Gasteiger partial charge is 0.312 e. The summed E-state index contributed by atoms with van der Waals surface area (Å²) < 4.78 is 39.1. The number of rotatable bonds is 5. The number of pyridine rings is 1. The van der Waals surface area contributed by atoms with E-state index in [1.54, 1.807) is 12.1 Å². The van der Waals surface area contributed by atoms with E-state index in [0.29, 0.717) is 17.3 Å². The normalized spacial score (nSPS) is 11.9. The minimum atomic E-state index is -4.47. The van der Waals surface area contributed by atoms with Gasteiger partial charge in [-0.05, 0) is 25.1 Å². The predicted octanol–water partition coefficient (Wildman–Crippen LogP) is 4.38. The van der Waals surface area contributed by atoms with Gasteiger partial charge in [0.1, 0.15) is 5.01 Å². The van der Waals surface area contributed by atoms with Crippen LogP contribution in [0.15, 0.2) is 18.3 Å². The SMILES string of the molecule is CCCNCc1sc(-c2ccc(Cl)cn2)nc1C(F)(F)F. The van der Waals surface area contributed by atoms with E-state index < -0.39 is 11.9 Å². The fourth-order valence-corrected chi connectivity index (χ4v) is 2.82. The zero-order valence-corrected chi connectivity index (χ0v) is 12.7. The fourth-order valence-electron chi connectivity index (χ4n) is 1.68. The Bertz CT molecular complexity index is 596. The van der Waals surface area contributed by atoms with Gasteiger partial charge >= 0.3 is 6.18 Å². The second-order valence-electron chi connectivity index (χ2n) is 4.33. The molecule has 0 atom stereocenters. The number of aromatic nitrogens is 2. The van der Waals surface area contributed by atoms with E-state index >= 15 is 0 Å². The first-order chi connectivity index (χ1) is 9.91. The van der Waals surface area contributed by atoms with Gasteiger partial charge in [0.05, 0.1) is 15.6 Å². The highest BCUT2D eigenvalue weighted by Crippen LogP contribution is 2.37. The van der Waals surface area contributed by atoms with Gasteiger partial charge in [-0.15, -0.1) is 11.3 Å². The Kier molecular flexibility index (Phi) is 5.18. The van der Waals surface area contributed by atoms with Crippen LogP contribution < -0.4 is 5.32 Å². The van der Waals surface area contributed by atoms with E-state index in [1.807, 2.05) is 6.92 Å². The number of halogens is 4. The van der Waals surface area contributed by atoms with Gasteiger partial charge in [-0.2, -0.15) is 13.2 Å². The molecule has 3 nitrogen and oxygen atoms in total. The topological polar surface area (TPSA) is 37.8 Å². The molecule has 0 bridgehead atoms. The second-order valence-corrected chi connectivity index (χ2v) is 5.85. The quantitative estimate of drug-likeness (QED) is 0.824. The van der Waals surface area contributed by atoms with Crippen LogP contribution in [0.5, 0.6) is 0 Å². The standard InChI is InChI=1S/C13H13ClF3N3S/c1-2-5-18-7-10-11(13(15,16)17)20-12(21-10)9-4-3-8(14)6-19-9/h3-4,6,18H,2,5,7H2,1H3. The lowest BCUT2D eigenvalue weighted by atomic mass is 10.3. The zero-order valence-electron chi connectivity index (χ0n) is 11.2. The van der Waals surface area contributed by atoms with E-state index in [2.05, 4.69) is 15.3 Å². The third kappa shape index (κ3) is 4.15. The Hall–Kier alpha value is -1.18. The lowest BCUT2D eigenvalue weighted by molar-refractivity contribution is -0.141. The molecule has 0 aliphatic heterocycles. The molecule has 21 heavy (non-hydrogen) atoms. The highest BCUT2D eigenvalue weighted by atomic mass is 35.5. The maximum Gasteiger partial charge on any atom is 0.434 e. The predicted molar refractivity (Wildman–Crippen MR) is 77.4 cm³/mol. The van der Waals surface area contributed by atoms with E-state index in [4.69, 9.17) is 11.6 Å². The van der Waals surface area contributed by atoms with Crippen LogP contribution in [-0.2, 0) is 12.7 Å². The van der Waals surface area contributed by atoms with Crippen LogP contribution in [0.1, 0.15) is 23.9 Å². The molecule has 0 unspecified atom stereocenters. The average Bonchev–Trinajstić information content (AvgIpc) is 2.84.